The molecule has 138 valence electrons. The second-order valence-electron chi connectivity index (χ2n) is 5.72. The number of piperazine rings is 1. The van der Waals surface area contributed by atoms with Gasteiger partial charge in [-0.15, -0.1) is 0 Å². The third-order valence-corrected chi connectivity index (χ3v) is 6.05. The normalized spacial score (nSPS) is 15.3. The first-order valence-corrected chi connectivity index (χ1v) is 10.4. The quantitative estimate of drug-likeness (QED) is 0.732. The Bertz CT molecular complexity index is 713. The van der Waals surface area contributed by atoms with Crippen molar-refractivity contribution in [3.63, 3.8) is 0 Å². The number of rotatable bonds is 6. The van der Waals surface area contributed by atoms with Crippen molar-refractivity contribution in [3.8, 4) is 0 Å². The van der Waals surface area contributed by atoms with Crippen molar-refractivity contribution >= 4 is 37.8 Å². The Labute approximate surface area is 156 Å². The highest BCUT2D eigenvalue weighted by molar-refractivity contribution is 9.10. The summed E-state index contributed by atoms with van der Waals surface area (Å²) in [6.45, 7) is 3.91. The Balaban J connectivity index is 1.79. The summed E-state index contributed by atoms with van der Waals surface area (Å²) in [6, 6.07) is 6.30. The van der Waals surface area contributed by atoms with Gasteiger partial charge < -0.3 is 9.80 Å². The van der Waals surface area contributed by atoms with E-state index in [1.807, 2.05) is 6.92 Å². The molecule has 25 heavy (non-hydrogen) atoms. The largest absolute Gasteiger partial charge is 0.339 e. The molecule has 1 aliphatic heterocycles. The molecule has 2 rings (SSSR count). The Morgan fingerprint density at radius 1 is 1.04 bits per heavy atom. The molecule has 0 spiro atoms. The lowest BCUT2D eigenvalue weighted by atomic mass is 10.2. The van der Waals surface area contributed by atoms with E-state index in [-0.39, 0.29) is 29.7 Å². The molecule has 9 heteroatoms. The van der Waals surface area contributed by atoms with Gasteiger partial charge in [0.05, 0.1) is 4.90 Å². The van der Waals surface area contributed by atoms with E-state index in [4.69, 9.17) is 0 Å². The fourth-order valence-electron chi connectivity index (χ4n) is 2.58. The van der Waals surface area contributed by atoms with Crippen molar-refractivity contribution in [2.45, 2.75) is 24.7 Å². The molecule has 1 fully saturated rings. The average molecular weight is 432 g/mol. The number of hydrogen-bond donors (Lipinski definition) is 1. The molecule has 0 atom stereocenters. The molecule has 1 aromatic carbocycles. The van der Waals surface area contributed by atoms with Gasteiger partial charge in [0.2, 0.25) is 21.8 Å². The molecule has 0 aliphatic carbocycles. The van der Waals surface area contributed by atoms with Crippen LogP contribution in [0.4, 0.5) is 0 Å². The third-order valence-electron chi connectivity index (χ3n) is 4.04. The van der Waals surface area contributed by atoms with E-state index in [9.17, 15) is 18.0 Å². The van der Waals surface area contributed by atoms with Gasteiger partial charge in [-0.2, -0.15) is 0 Å². The number of sulfonamides is 1. The molecular weight excluding hydrogens is 410 g/mol. The number of nitrogens with zero attached hydrogens (tertiary/aromatic N) is 2. The van der Waals surface area contributed by atoms with Crippen molar-refractivity contribution in [2.24, 2.45) is 0 Å². The standard InChI is InChI=1S/C16H22BrN3O4S/c1-2-15(21)19-9-11-20(12-10-19)16(22)7-8-18-25(23,24)14-5-3-13(17)4-6-14/h3-6,18H,2,7-12H2,1H3. The van der Waals surface area contributed by atoms with Gasteiger partial charge in [0.15, 0.2) is 0 Å². The molecule has 1 saturated heterocycles. The van der Waals surface area contributed by atoms with E-state index in [1.54, 1.807) is 21.9 Å². The minimum absolute atomic E-state index is 0.0470. The van der Waals surface area contributed by atoms with Crippen molar-refractivity contribution in [3.05, 3.63) is 28.7 Å². The van der Waals surface area contributed by atoms with Crippen LogP contribution in [0.15, 0.2) is 33.6 Å². The fraction of sp³-hybridized carbons (Fsp3) is 0.500. The van der Waals surface area contributed by atoms with Gasteiger partial charge in [-0.1, -0.05) is 22.9 Å². The predicted octanol–water partition coefficient (Wildman–Crippen LogP) is 1.20. The first kappa shape index (κ1) is 19.9. The first-order chi connectivity index (χ1) is 11.8. The van der Waals surface area contributed by atoms with Crippen LogP contribution in [-0.2, 0) is 19.6 Å². The number of carbonyl (C=O) groups excluding carboxylic acids is 2. The number of halogens is 1. The highest BCUT2D eigenvalue weighted by atomic mass is 79.9. The molecule has 7 nitrogen and oxygen atoms in total. The highest BCUT2D eigenvalue weighted by Crippen LogP contribution is 2.14. The van der Waals surface area contributed by atoms with E-state index in [0.717, 1.165) is 4.47 Å². The smallest absolute Gasteiger partial charge is 0.240 e. The van der Waals surface area contributed by atoms with Gasteiger partial charge >= 0.3 is 0 Å². The lowest BCUT2D eigenvalue weighted by molar-refractivity contribution is -0.139. The second-order valence-corrected chi connectivity index (χ2v) is 8.40. The zero-order valence-corrected chi connectivity index (χ0v) is 16.5. The molecule has 0 unspecified atom stereocenters. The minimum Gasteiger partial charge on any atom is -0.339 e. The minimum atomic E-state index is -3.62. The summed E-state index contributed by atoms with van der Waals surface area (Å²) in [4.78, 5) is 27.4. The average Bonchev–Trinajstić information content (AvgIpc) is 2.61. The van der Waals surface area contributed by atoms with Crippen LogP contribution in [-0.4, -0.2) is 62.8 Å². The van der Waals surface area contributed by atoms with Gasteiger partial charge in [-0.3, -0.25) is 9.59 Å². The molecular formula is C16H22BrN3O4S. The van der Waals surface area contributed by atoms with Crippen LogP contribution in [0.3, 0.4) is 0 Å². The summed E-state index contributed by atoms with van der Waals surface area (Å²) < 4.78 is 27.6. The Morgan fingerprint density at radius 2 is 1.56 bits per heavy atom. The maximum Gasteiger partial charge on any atom is 0.240 e. The number of nitrogens with one attached hydrogen (secondary N) is 1. The maximum atomic E-state index is 12.2. The SMILES string of the molecule is CCC(=O)N1CCN(C(=O)CCNS(=O)(=O)c2ccc(Br)cc2)CC1. The van der Waals surface area contributed by atoms with Gasteiger partial charge in [-0.05, 0) is 24.3 Å². The van der Waals surface area contributed by atoms with Crippen molar-refractivity contribution in [1.29, 1.82) is 0 Å². The molecule has 1 aliphatic rings. The predicted molar refractivity (Wildman–Crippen MR) is 97.4 cm³/mol. The summed E-state index contributed by atoms with van der Waals surface area (Å²) >= 11 is 3.26. The monoisotopic (exact) mass is 431 g/mol. The summed E-state index contributed by atoms with van der Waals surface area (Å²) in [6.07, 6.45) is 0.559. The topological polar surface area (TPSA) is 86.8 Å². The van der Waals surface area contributed by atoms with Gasteiger partial charge in [0, 0.05) is 50.0 Å². The van der Waals surface area contributed by atoms with Crippen LogP contribution >= 0.6 is 15.9 Å². The van der Waals surface area contributed by atoms with Crippen molar-refractivity contribution in [1.82, 2.24) is 14.5 Å². The summed E-state index contributed by atoms with van der Waals surface area (Å²) in [5, 5.41) is 0. The molecule has 2 amide bonds. The Hall–Kier alpha value is -1.45. The Kier molecular flexibility index (Phi) is 6.97. The molecule has 0 bridgehead atoms. The van der Waals surface area contributed by atoms with E-state index in [1.165, 1.54) is 12.1 Å². The molecule has 1 N–H and O–H groups in total. The van der Waals surface area contributed by atoms with E-state index in [2.05, 4.69) is 20.7 Å². The molecule has 0 radical (unpaired) electrons. The highest BCUT2D eigenvalue weighted by Gasteiger charge is 2.23. The molecule has 1 aromatic rings. The Morgan fingerprint density at radius 3 is 2.08 bits per heavy atom. The van der Waals surface area contributed by atoms with Crippen LogP contribution in [0.2, 0.25) is 0 Å². The van der Waals surface area contributed by atoms with Crippen molar-refractivity contribution in [2.75, 3.05) is 32.7 Å². The lowest BCUT2D eigenvalue weighted by Crippen LogP contribution is -2.50. The van der Waals surface area contributed by atoms with Gasteiger partial charge in [0.1, 0.15) is 0 Å². The van der Waals surface area contributed by atoms with E-state index < -0.39 is 10.0 Å². The molecule has 0 saturated carbocycles. The van der Waals surface area contributed by atoms with Crippen LogP contribution in [0.1, 0.15) is 19.8 Å². The summed E-state index contributed by atoms with van der Waals surface area (Å²) in [5.74, 6) is -0.0172. The molecule has 0 aromatic heterocycles. The van der Waals surface area contributed by atoms with E-state index in [0.29, 0.717) is 32.6 Å². The van der Waals surface area contributed by atoms with E-state index >= 15 is 0 Å². The molecule has 1 heterocycles. The number of carbonyl (C=O) groups is 2. The first-order valence-electron chi connectivity index (χ1n) is 8.14. The van der Waals surface area contributed by atoms with Crippen molar-refractivity contribution < 1.29 is 18.0 Å². The lowest BCUT2D eigenvalue weighted by Gasteiger charge is -2.34. The number of hydrogen-bond acceptors (Lipinski definition) is 4. The zero-order valence-electron chi connectivity index (χ0n) is 14.1. The summed E-state index contributed by atoms with van der Waals surface area (Å²) in [5.41, 5.74) is 0. The number of amides is 2. The van der Waals surface area contributed by atoms with Gasteiger partial charge in [-0.25, -0.2) is 13.1 Å². The zero-order chi connectivity index (χ0) is 18.4. The van der Waals surface area contributed by atoms with Gasteiger partial charge in [0.25, 0.3) is 0 Å². The summed E-state index contributed by atoms with van der Waals surface area (Å²) in [7, 11) is -3.62. The van der Waals surface area contributed by atoms with Crippen LogP contribution in [0.5, 0.6) is 0 Å². The van der Waals surface area contributed by atoms with Crippen LogP contribution < -0.4 is 4.72 Å². The number of benzene rings is 1. The van der Waals surface area contributed by atoms with Crippen LogP contribution in [0, 0.1) is 0 Å². The maximum absolute atomic E-state index is 12.2. The fourth-order valence-corrected chi connectivity index (χ4v) is 3.87. The second kappa shape index (κ2) is 8.77. The third kappa shape index (κ3) is 5.52. The van der Waals surface area contributed by atoms with Crippen LogP contribution in [0.25, 0.3) is 0 Å².